The summed E-state index contributed by atoms with van der Waals surface area (Å²) < 4.78 is 0. The van der Waals surface area contributed by atoms with E-state index in [0.29, 0.717) is 6.54 Å². The van der Waals surface area contributed by atoms with Crippen molar-refractivity contribution in [3.8, 4) is 0 Å². The van der Waals surface area contributed by atoms with Crippen LogP contribution in [0.15, 0.2) is 0 Å². The van der Waals surface area contributed by atoms with Gasteiger partial charge in [-0.2, -0.15) is 0 Å². The Labute approximate surface area is 91.0 Å². The fourth-order valence-corrected chi connectivity index (χ4v) is 0.936. The van der Waals surface area contributed by atoms with Crippen LogP contribution in [0.2, 0.25) is 0 Å². The maximum absolute atomic E-state index is 11.4. The SMILES string of the molecule is CCCNC(=O)C(C)NC(=O)C(C)NC. The van der Waals surface area contributed by atoms with Crippen LogP contribution in [-0.2, 0) is 9.59 Å². The van der Waals surface area contributed by atoms with E-state index in [-0.39, 0.29) is 17.9 Å². The Balaban J connectivity index is 3.95. The number of rotatable bonds is 6. The Morgan fingerprint density at radius 3 is 2.20 bits per heavy atom. The average molecular weight is 215 g/mol. The van der Waals surface area contributed by atoms with Gasteiger partial charge in [0.05, 0.1) is 6.04 Å². The first-order valence-electron chi connectivity index (χ1n) is 5.28. The van der Waals surface area contributed by atoms with Crippen LogP contribution < -0.4 is 16.0 Å². The maximum Gasteiger partial charge on any atom is 0.242 e. The van der Waals surface area contributed by atoms with Crippen molar-refractivity contribution in [3.63, 3.8) is 0 Å². The zero-order chi connectivity index (χ0) is 11.8. The molecule has 0 bridgehead atoms. The van der Waals surface area contributed by atoms with Crippen molar-refractivity contribution in [2.45, 2.75) is 39.3 Å². The van der Waals surface area contributed by atoms with E-state index in [1.165, 1.54) is 0 Å². The molecule has 3 N–H and O–H groups in total. The van der Waals surface area contributed by atoms with Crippen LogP contribution in [0, 0.1) is 0 Å². The molecule has 0 aromatic heterocycles. The van der Waals surface area contributed by atoms with Crippen molar-refractivity contribution in [2.24, 2.45) is 0 Å². The molecule has 5 heteroatoms. The van der Waals surface area contributed by atoms with Gasteiger partial charge in [-0.15, -0.1) is 0 Å². The van der Waals surface area contributed by atoms with E-state index >= 15 is 0 Å². The van der Waals surface area contributed by atoms with Gasteiger partial charge in [0.25, 0.3) is 0 Å². The molecule has 15 heavy (non-hydrogen) atoms. The average Bonchev–Trinajstić information content (AvgIpc) is 2.24. The predicted molar refractivity (Wildman–Crippen MR) is 59.4 cm³/mol. The topological polar surface area (TPSA) is 70.2 Å². The van der Waals surface area contributed by atoms with Gasteiger partial charge in [0.1, 0.15) is 6.04 Å². The minimum atomic E-state index is -0.486. The van der Waals surface area contributed by atoms with Crippen LogP contribution in [0.3, 0.4) is 0 Å². The van der Waals surface area contributed by atoms with Gasteiger partial charge in [0, 0.05) is 6.54 Å². The minimum absolute atomic E-state index is 0.145. The van der Waals surface area contributed by atoms with Crippen molar-refractivity contribution in [1.29, 1.82) is 0 Å². The fraction of sp³-hybridized carbons (Fsp3) is 0.800. The smallest absolute Gasteiger partial charge is 0.242 e. The first-order valence-corrected chi connectivity index (χ1v) is 5.28. The molecule has 0 aromatic rings. The number of carbonyl (C=O) groups is 2. The van der Waals surface area contributed by atoms with Gasteiger partial charge in [0.15, 0.2) is 0 Å². The first kappa shape index (κ1) is 13.9. The number of hydrogen-bond acceptors (Lipinski definition) is 3. The van der Waals surface area contributed by atoms with Crippen LogP contribution in [-0.4, -0.2) is 37.5 Å². The Morgan fingerprint density at radius 1 is 1.13 bits per heavy atom. The summed E-state index contributed by atoms with van der Waals surface area (Å²) in [4.78, 5) is 22.8. The van der Waals surface area contributed by atoms with Crippen molar-refractivity contribution >= 4 is 11.8 Å². The third-order valence-corrected chi connectivity index (χ3v) is 2.13. The van der Waals surface area contributed by atoms with E-state index in [1.54, 1.807) is 20.9 Å². The van der Waals surface area contributed by atoms with E-state index < -0.39 is 6.04 Å². The van der Waals surface area contributed by atoms with Crippen molar-refractivity contribution in [3.05, 3.63) is 0 Å². The molecule has 0 spiro atoms. The van der Waals surface area contributed by atoms with E-state index in [9.17, 15) is 9.59 Å². The summed E-state index contributed by atoms with van der Waals surface area (Å²) in [5.74, 6) is -0.315. The van der Waals surface area contributed by atoms with E-state index in [2.05, 4.69) is 16.0 Å². The lowest BCUT2D eigenvalue weighted by Crippen LogP contribution is -2.50. The summed E-state index contributed by atoms with van der Waals surface area (Å²) in [6.45, 7) is 6.03. The van der Waals surface area contributed by atoms with Crippen LogP contribution in [0.4, 0.5) is 0 Å². The second-order valence-corrected chi connectivity index (χ2v) is 3.53. The third kappa shape index (κ3) is 5.37. The van der Waals surface area contributed by atoms with Crippen molar-refractivity contribution in [1.82, 2.24) is 16.0 Å². The summed E-state index contributed by atoms with van der Waals surface area (Å²) >= 11 is 0. The summed E-state index contributed by atoms with van der Waals surface area (Å²) in [6.07, 6.45) is 0.888. The molecule has 0 fully saturated rings. The van der Waals surface area contributed by atoms with Gasteiger partial charge in [-0.25, -0.2) is 0 Å². The molecule has 5 nitrogen and oxygen atoms in total. The van der Waals surface area contributed by atoms with Gasteiger partial charge in [0.2, 0.25) is 11.8 Å². The molecule has 2 atom stereocenters. The molecule has 0 aromatic carbocycles. The number of likely N-dealkylation sites (N-methyl/N-ethyl adjacent to an activating group) is 1. The highest BCUT2D eigenvalue weighted by atomic mass is 16.2. The number of amides is 2. The van der Waals surface area contributed by atoms with Crippen LogP contribution in [0.25, 0.3) is 0 Å². The number of hydrogen-bond donors (Lipinski definition) is 3. The molecule has 2 unspecified atom stereocenters. The third-order valence-electron chi connectivity index (χ3n) is 2.13. The summed E-state index contributed by atoms with van der Waals surface area (Å²) in [5, 5.41) is 8.15. The van der Waals surface area contributed by atoms with Gasteiger partial charge in [-0.1, -0.05) is 6.92 Å². The molecule has 0 saturated heterocycles. The Hall–Kier alpha value is -1.10. The Bertz CT molecular complexity index is 219. The molecular formula is C10H21N3O2. The Kier molecular flexibility index (Phi) is 6.70. The summed E-state index contributed by atoms with van der Waals surface area (Å²) in [5.41, 5.74) is 0. The maximum atomic E-state index is 11.4. The summed E-state index contributed by atoms with van der Waals surface area (Å²) in [6, 6.07) is -0.772. The summed E-state index contributed by atoms with van der Waals surface area (Å²) in [7, 11) is 1.70. The number of carbonyl (C=O) groups excluding carboxylic acids is 2. The van der Waals surface area contributed by atoms with Crippen LogP contribution in [0.5, 0.6) is 0 Å². The normalized spacial score (nSPS) is 14.1. The second kappa shape index (κ2) is 7.23. The van der Waals surface area contributed by atoms with E-state index in [4.69, 9.17) is 0 Å². The molecule has 0 rings (SSSR count). The van der Waals surface area contributed by atoms with E-state index in [1.807, 2.05) is 6.92 Å². The van der Waals surface area contributed by atoms with Gasteiger partial charge < -0.3 is 16.0 Å². The first-order chi connectivity index (χ1) is 7.02. The van der Waals surface area contributed by atoms with Gasteiger partial charge in [-0.05, 0) is 27.3 Å². The molecule has 2 amide bonds. The molecule has 0 aliphatic heterocycles. The lowest BCUT2D eigenvalue weighted by atomic mass is 10.2. The van der Waals surface area contributed by atoms with Crippen molar-refractivity contribution in [2.75, 3.05) is 13.6 Å². The largest absolute Gasteiger partial charge is 0.354 e. The zero-order valence-corrected chi connectivity index (χ0v) is 9.89. The molecule has 0 aliphatic rings. The second-order valence-electron chi connectivity index (χ2n) is 3.53. The predicted octanol–water partition coefficient (Wildman–Crippen LogP) is -0.375. The van der Waals surface area contributed by atoms with Gasteiger partial charge >= 0.3 is 0 Å². The highest BCUT2D eigenvalue weighted by Crippen LogP contribution is 1.86. The Morgan fingerprint density at radius 2 is 1.73 bits per heavy atom. The highest BCUT2D eigenvalue weighted by Gasteiger charge is 2.17. The van der Waals surface area contributed by atoms with Crippen molar-refractivity contribution < 1.29 is 9.59 Å². The molecule has 0 saturated carbocycles. The standard InChI is InChI=1S/C10H21N3O2/c1-5-6-12-9(14)8(3)13-10(15)7(2)11-4/h7-8,11H,5-6H2,1-4H3,(H,12,14)(H,13,15). The lowest BCUT2D eigenvalue weighted by Gasteiger charge is -2.16. The molecule has 88 valence electrons. The minimum Gasteiger partial charge on any atom is -0.354 e. The van der Waals surface area contributed by atoms with Gasteiger partial charge in [-0.3, -0.25) is 9.59 Å². The highest BCUT2D eigenvalue weighted by molar-refractivity contribution is 5.89. The molecular weight excluding hydrogens is 194 g/mol. The zero-order valence-electron chi connectivity index (χ0n) is 9.89. The molecule has 0 aliphatic carbocycles. The molecule has 0 heterocycles. The fourth-order valence-electron chi connectivity index (χ4n) is 0.936. The van der Waals surface area contributed by atoms with Crippen LogP contribution in [0.1, 0.15) is 27.2 Å². The van der Waals surface area contributed by atoms with E-state index in [0.717, 1.165) is 6.42 Å². The monoisotopic (exact) mass is 215 g/mol. The lowest BCUT2D eigenvalue weighted by molar-refractivity contribution is -0.129. The number of nitrogens with one attached hydrogen (secondary N) is 3. The van der Waals surface area contributed by atoms with Crippen LogP contribution >= 0.6 is 0 Å². The quantitative estimate of drug-likeness (QED) is 0.566. The molecule has 0 radical (unpaired) electrons.